The fraction of sp³-hybridized carbons (Fsp3) is 0.333. The van der Waals surface area contributed by atoms with E-state index in [1.165, 1.54) is 24.3 Å². The minimum atomic E-state index is -2.90. The van der Waals surface area contributed by atoms with E-state index in [4.69, 9.17) is 4.74 Å². The van der Waals surface area contributed by atoms with Crippen molar-refractivity contribution in [2.45, 2.75) is 39.7 Å². The molecule has 0 fully saturated rings. The molecule has 2 aromatic carbocycles. The number of rotatable bonds is 8. The van der Waals surface area contributed by atoms with Crippen LogP contribution in [0.2, 0.25) is 0 Å². The summed E-state index contributed by atoms with van der Waals surface area (Å²) in [6.45, 7) is 2.65. The van der Waals surface area contributed by atoms with Crippen molar-refractivity contribution in [3.63, 3.8) is 0 Å². The molecule has 0 aliphatic rings. The fourth-order valence-corrected chi connectivity index (χ4v) is 2.67. The maximum absolute atomic E-state index is 12.2. The molecule has 0 heterocycles. The average Bonchev–Trinajstić information content (AvgIpc) is 2.62. The molecular weight excluding hydrogens is 368 g/mol. The SMILES string of the molecule is Cc1cccc(C(C)C)c1NC(=O)COC(=O)Cc1ccc(OC(F)F)cc1. The van der Waals surface area contributed by atoms with Crippen molar-refractivity contribution in [3.8, 4) is 5.75 Å². The third kappa shape index (κ3) is 6.33. The number of hydrogen-bond donors (Lipinski definition) is 1. The number of ether oxygens (including phenoxy) is 2. The summed E-state index contributed by atoms with van der Waals surface area (Å²) >= 11 is 0. The van der Waals surface area contributed by atoms with Gasteiger partial charge in [-0.3, -0.25) is 9.59 Å². The molecule has 0 saturated carbocycles. The lowest BCUT2D eigenvalue weighted by atomic mass is 9.98. The number of aryl methyl sites for hydroxylation is 1. The van der Waals surface area contributed by atoms with Crippen molar-refractivity contribution >= 4 is 17.6 Å². The minimum Gasteiger partial charge on any atom is -0.455 e. The number of carbonyl (C=O) groups excluding carboxylic acids is 2. The van der Waals surface area contributed by atoms with E-state index >= 15 is 0 Å². The predicted molar refractivity (Wildman–Crippen MR) is 102 cm³/mol. The topological polar surface area (TPSA) is 64.6 Å². The maximum atomic E-state index is 12.2. The van der Waals surface area contributed by atoms with Gasteiger partial charge in [-0.25, -0.2) is 0 Å². The van der Waals surface area contributed by atoms with Crippen LogP contribution in [0.4, 0.5) is 14.5 Å². The lowest BCUT2D eigenvalue weighted by Crippen LogP contribution is -2.22. The van der Waals surface area contributed by atoms with Crippen molar-refractivity contribution in [3.05, 3.63) is 59.2 Å². The Kier molecular flexibility index (Phi) is 7.49. The summed E-state index contributed by atoms with van der Waals surface area (Å²) in [5.41, 5.74) is 3.23. The second-order valence-corrected chi connectivity index (χ2v) is 6.60. The Morgan fingerprint density at radius 3 is 2.36 bits per heavy atom. The molecule has 0 bridgehead atoms. The second-order valence-electron chi connectivity index (χ2n) is 6.60. The molecule has 2 aromatic rings. The van der Waals surface area contributed by atoms with E-state index in [-0.39, 0.29) is 18.1 Å². The number of para-hydroxylation sites is 1. The highest BCUT2D eigenvalue weighted by Crippen LogP contribution is 2.27. The van der Waals surface area contributed by atoms with Gasteiger partial charge >= 0.3 is 12.6 Å². The molecule has 28 heavy (non-hydrogen) atoms. The number of amides is 1. The van der Waals surface area contributed by atoms with Gasteiger partial charge in [-0.2, -0.15) is 8.78 Å². The van der Waals surface area contributed by atoms with E-state index in [1.54, 1.807) is 0 Å². The van der Waals surface area contributed by atoms with E-state index in [2.05, 4.69) is 10.1 Å². The fourth-order valence-electron chi connectivity index (χ4n) is 2.67. The summed E-state index contributed by atoms with van der Waals surface area (Å²) in [5, 5.41) is 2.80. The molecule has 150 valence electrons. The molecule has 0 radical (unpaired) electrons. The van der Waals surface area contributed by atoms with Crippen LogP contribution in [-0.4, -0.2) is 25.1 Å². The predicted octanol–water partition coefficient (Wildman–Crippen LogP) is 4.44. The van der Waals surface area contributed by atoms with Crippen LogP contribution in [0.15, 0.2) is 42.5 Å². The van der Waals surface area contributed by atoms with E-state index in [9.17, 15) is 18.4 Å². The second kappa shape index (κ2) is 9.82. The quantitative estimate of drug-likeness (QED) is 0.676. The number of hydrogen-bond acceptors (Lipinski definition) is 4. The smallest absolute Gasteiger partial charge is 0.387 e. The van der Waals surface area contributed by atoms with Crippen molar-refractivity contribution < 1.29 is 27.8 Å². The summed E-state index contributed by atoms with van der Waals surface area (Å²) < 4.78 is 33.5. The Bertz CT molecular complexity index is 820. The lowest BCUT2D eigenvalue weighted by molar-refractivity contribution is -0.146. The van der Waals surface area contributed by atoms with Crippen LogP contribution in [0.3, 0.4) is 0 Å². The van der Waals surface area contributed by atoms with Gasteiger partial charge in [0.25, 0.3) is 5.91 Å². The normalized spacial score (nSPS) is 10.8. The Morgan fingerprint density at radius 2 is 1.75 bits per heavy atom. The summed E-state index contributed by atoms with van der Waals surface area (Å²) in [7, 11) is 0. The summed E-state index contributed by atoms with van der Waals surface area (Å²) in [4.78, 5) is 24.1. The Hall–Kier alpha value is -2.96. The number of anilines is 1. The molecule has 0 aromatic heterocycles. The van der Waals surface area contributed by atoms with Crippen molar-refractivity contribution in [1.82, 2.24) is 0 Å². The van der Waals surface area contributed by atoms with Gasteiger partial charge in [-0.15, -0.1) is 0 Å². The Balaban J connectivity index is 1.87. The number of carbonyl (C=O) groups is 2. The average molecular weight is 391 g/mol. The highest BCUT2D eigenvalue weighted by atomic mass is 19.3. The lowest BCUT2D eigenvalue weighted by Gasteiger charge is -2.16. The molecule has 1 amide bonds. The van der Waals surface area contributed by atoms with Crippen LogP contribution >= 0.6 is 0 Å². The number of alkyl halides is 2. The number of halogens is 2. The zero-order valence-corrected chi connectivity index (χ0v) is 16.0. The van der Waals surface area contributed by atoms with Gasteiger partial charge in [0.1, 0.15) is 5.75 Å². The summed E-state index contributed by atoms with van der Waals surface area (Å²) in [6.07, 6.45) is -0.0795. The molecule has 2 rings (SSSR count). The van der Waals surface area contributed by atoms with Gasteiger partial charge in [0, 0.05) is 5.69 Å². The van der Waals surface area contributed by atoms with Crippen LogP contribution in [0, 0.1) is 6.92 Å². The molecule has 0 unspecified atom stereocenters. The van der Waals surface area contributed by atoms with Crippen LogP contribution in [0.25, 0.3) is 0 Å². The van der Waals surface area contributed by atoms with Gasteiger partial charge in [-0.05, 0) is 41.7 Å². The third-order valence-electron chi connectivity index (χ3n) is 4.05. The third-order valence-corrected chi connectivity index (χ3v) is 4.05. The zero-order valence-electron chi connectivity index (χ0n) is 16.0. The van der Waals surface area contributed by atoms with Gasteiger partial charge in [0.05, 0.1) is 6.42 Å². The van der Waals surface area contributed by atoms with Crippen LogP contribution in [0.5, 0.6) is 5.75 Å². The minimum absolute atomic E-state index is 0.00526. The molecule has 0 atom stereocenters. The first-order chi connectivity index (χ1) is 13.3. The summed E-state index contributed by atoms with van der Waals surface area (Å²) in [6, 6.07) is 11.4. The highest BCUT2D eigenvalue weighted by molar-refractivity contribution is 5.94. The van der Waals surface area contributed by atoms with Gasteiger partial charge in [0.2, 0.25) is 0 Å². The van der Waals surface area contributed by atoms with E-state index < -0.39 is 25.1 Å². The number of nitrogens with one attached hydrogen (secondary N) is 1. The molecule has 0 spiro atoms. The molecule has 0 aliphatic heterocycles. The largest absolute Gasteiger partial charge is 0.455 e. The maximum Gasteiger partial charge on any atom is 0.387 e. The van der Waals surface area contributed by atoms with E-state index in [0.29, 0.717) is 5.56 Å². The molecule has 5 nitrogen and oxygen atoms in total. The highest BCUT2D eigenvalue weighted by Gasteiger charge is 2.14. The van der Waals surface area contributed by atoms with E-state index in [1.807, 2.05) is 39.0 Å². The van der Waals surface area contributed by atoms with Crippen molar-refractivity contribution in [2.24, 2.45) is 0 Å². The van der Waals surface area contributed by atoms with Gasteiger partial charge < -0.3 is 14.8 Å². The monoisotopic (exact) mass is 391 g/mol. The first-order valence-corrected chi connectivity index (χ1v) is 8.85. The van der Waals surface area contributed by atoms with E-state index in [0.717, 1.165) is 16.8 Å². The molecule has 7 heteroatoms. The first kappa shape index (κ1) is 21.3. The molecule has 0 saturated heterocycles. The zero-order chi connectivity index (χ0) is 20.7. The molecular formula is C21H23F2NO4. The molecule has 1 N–H and O–H groups in total. The summed E-state index contributed by atoms with van der Waals surface area (Å²) in [5.74, 6) is -0.780. The van der Waals surface area contributed by atoms with Crippen LogP contribution < -0.4 is 10.1 Å². The first-order valence-electron chi connectivity index (χ1n) is 8.85. The van der Waals surface area contributed by atoms with Crippen molar-refractivity contribution in [2.75, 3.05) is 11.9 Å². The Morgan fingerprint density at radius 1 is 1.07 bits per heavy atom. The van der Waals surface area contributed by atoms with Gasteiger partial charge in [-0.1, -0.05) is 44.2 Å². The van der Waals surface area contributed by atoms with Gasteiger partial charge in [0.15, 0.2) is 6.61 Å². The van der Waals surface area contributed by atoms with Crippen LogP contribution in [-0.2, 0) is 20.7 Å². The number of benzene rings is 2. The van der Waals surface area contributed by atoms with Crippen LogP contribution in [0.1, 0.15) is 36.5 Å². The Labute approximate surface area is 162 Å². The number of esters is 1. The van der Waals surface area contributed by atoms with Crippen molar-refractivity contribution in [1.29, 1.82) is 0 Å². The molecule has 0 aliphatic carbocycles. The standard InChI is InChI=1S/C21H23F2NO4/c1-13(2)17-6-4-5-14(3)20(17)24-18(25)12-27-19(26)11-15-7-9-16(10-8-15)28-21(22)23/h4-10,13,21H,11-12H2,1-3H3,(H,24,25).